The van der Waals surface area contributed by atoms with Gasteiger partial charge in [-0.25, -0.2) is 4.39 Å². The molecule has 0 N–H and O–H groups in total. The largest absolute Gasteiger partial charge is 0.294 e. The number of hydrogen-bond acceptors (Lipinski definition) is 1. The molecule has 2 aliphatic carbocycles. The summed E-state index contributed by atoms with van der Waals surface area (Å²) in [6, 6.07) is 17.3. The van der Waals surface area contributed by atoms with Gasteiger partial charge >= 0.3 is 0 Å². The van der Waals surface area contributed by atoms with Crippen molar-refractivity contribution in [2.45, 2.75) is 26.7 Å². The molecule has 150 valence electrons. The summed E-state index contributed by atoms with van der Waals surface area (Å²) < 4.78 is 14.9. The molecule has 0 heterocycles. The summed E-state index contributed by atoms with van der Waals surface area (Å²) in [7, 11) is 0. The molecule has 3 aromatic rings. The van der Waals surface area contributed by atoms with Gasteiger partial charge in [-0.2, -0.15) is 0 Å². The van der Waals surface area contributed by atoms with Crippen molar-refractivity contribution >= 4 is 29.0 Å². The lowest BCUT2D eigenvalue weighted by molar-refractivity contribution is 0.0991. The van der Waals surface area contributed by atoms with Crippen molar-refractivity contribution in [3.8, 4) is 11.1 Å². The minimum atomic E-state index is -0.360. The molecule has 2 aliphatic rings. The van der Waals surface area contributed by atoms with Crippen LogP contribution >= 0.6 is 11.6 Å². The van der Waals surface area contributed by atoms with Gasteiger partial charge in [0.1, 0.15) is 5.82 Å². The fraction of sp³-hybridized carbons (Fsp3) is 0.222. The highest BCUT2D eigenvalue weighted by atomic mass is 35.5. The Labute approximate surface area is 181 Å². The van der Waals surface area contributed by atoms with Gasteiger partial charge in [-0.3, -0.25) is 4.79 Å². The van der Waals surface area contributed by atoms with Gasteiger partial charge in [-0.1, -0.05) is 80.1 Å². The third-order valence-corrected chi connectivity index (χ3v) is 6.82. The van der Waals surface area contributed by atoms with E-state index in [4.69, 9.17) is 11.6 Å². The van der Waals surface area contributed by atoms with E-state index in [2.05, 4.69) is 32.1 Å². The van der Waals surface area contributed by atoms with E-state index in [9.17, 15) is 9.18 Å². The van der Waals surface area contributed by atoms with Crippen LogP contribution in [0.5, 0.6) is 0 Å². The number of halogens is 2. The number of rotatable bonds is 2. The van der Waals surface area contributed by atoms with Crippen molar-refractivity contribution in [2.75, 3.05) is 0 Å². The lowest BCUT2D eigenvalue weighted by Crippen LogP contribution is -2.22. The first-order valence-electron chi connectivity index (χ1n) is 10.4. The molecule has 0 aromatic heterocycles. The van der Waals surface area contributed by atoms with Gasteiger partial charge in [0.05, 0.1) is 5.02 Å². The summed E-state index contributed by atoms with van der Waals surface area (Å²) in [5, 5.41) is 0.148. The minimum absolute atomic E-state index is 0.148. The maximum absolute atomic E-state index is 14.9. The molecular weight excluding hydrogens is 395 g/mol. The summed E-state index contributed by atoms with van der Waals surface area (Å²) in [6.45, 7) is 4.34. The van der Waals surface area contributed by atoms with Crippen molar-refractivity contribution < 1.29 is 9.18 Å². The van der Waals surface area contributed by atoms with Gasteiger partial charge in [0.15, 0.2) is 5.78 Å². The topological polar surface area (TPSA) is 17.1 Å². The Balaban J connectivity index is 1.72. The van der Waals surface area contributed by atoms with Gasteiger partial charge < -0.3 is 0 Å². The summed E-state index contributed by atoms with van der Waals surface area (Å²) >= 11 is 6.08. The molecule has 0 bridgehead atoms. The highest BCUT2D eigenvalue weighted by Crippen LogP contribution is 2.45. The van der Waals surface area contributed by atoms with E-state index in [1.54, 1.807) is 12.1 Å². The van der Waals surface area contributed by atoms with Crippen LogP contribution in [-0.4, -0.2) is 5.78 Å². The maximum atomic E-state index is 14.9. The van der Waals surface area contributed by atoms with Gasteiger partial charge in [0.25, 0.3) is 0 Å². The van der Waals surface area contributed by atoms with Crippen LogP contribution in [0.4, 0.5) is 4.39 Å². The summed E-state index contributed by atoms with van der Waals surface area (Å²) in [5.41, 5.74) is 7.96. The number of Topliss-reactive ketones (excluding diaryl/α,β-unsaturated/α-hetero) is 1. The Hall–Kier alpha value is -2.71. The minimum Gasteiger partial charge on any atom is -0.294 e. The van der Waals surface area contributed by atoms with E-state index in [0.29, 0.717) is 17.9 Å². The molecule has 30 heavy (non-hydrogen) atoms. The first-order valence-corrected chi connectivity index (χ1v) is 10.8. The number of fused-ring (bicyclic) bond motifs is 5. The van der Waals surface area contributed by atoms with Crippen molar-refractivity contribution in [3.63, 3.8) is 0 Å². The van der Waals surface area contributed by atoms with Gasteiger partial charge in [-0.15, -0.1) is 0 Å². The normalized spacial score (nSPS) is 17.3. The quantitative estimate of drug-likeness (QED) is 0.429. The van der Waals surface area contributed by atoms with Crippen LogP contribution in [0, 0.1) is 17.7 Å². The van der Waals surface area contributed by atoms with E-state index in [0.717, 1.165) is 39.8 Å². The average Bonchev–Trinajstić information content (AvgIpc) is 2.75. The Bertz CT molecular complexity index is 1220. The molecular formula is C27H22ClFO. The van der Waals surface area contributed by atoms with Crippen molar-refractivity contribution in [1.82, 2.24) is 0 Å². The standard InChI is InChI=1S/C27H22ClFO/c1-15(2)21-13-22-16(12-23(21)20-8-5-9-25(28)27(20)29)10-11-18-17-6-3-4-7-19(17)26(30)14-24(18)22/h3-12,15,21H,13-14H2,1-2H3. The molecule has 0 spiro atoms. The number of hydrogen-bond donors (Lipinski definition) is 0. The zero-order chi connectivity index (χ0) is 21.0. The Morgan fingerprint density at radius 3 is 2.40 bits per heavy atom. The Morgan fingerprint density at radius 1 is 0.900 bits per heavy atom. The lowest BCUT2D eigenvalue weighted by atomic mass is 9.71. The van der Waals surface area contributed by atoms with Crippen LogP contribution in [0.15, 0.2) is 54.6 Å². The van der Waals surface area contributed by atoms with E-state index in [1.165, 1.54) is 5.56 Å². The van der Waals surface area contributed by atoms with Crippen LogP contribution in [0.2, 0.25) is 5.02 Å². The second-order valence-electron chi connectivity index (χ2n) is 8.56. The zero-order valence-corrected chi connectivity index (χ0v) is 17.8. The molecule has 0 amide bonds. The smallest absolute Gasteiger partial charge is 0.167 e. The predicted molar refractivity (Wildman–Crippen MR) is 121 cm³/mol. The number of ketones is 1. The second kappa shape index (κ2) is 7.21. The number of carbonyl (C=O) groups excluding carboxylic acids is 1. The number of carbonyl (C=O) groups is 1. The molecule has 5 rings (SSSR count). The van der Waals surface area contributed by atoms with Crippen molar-refractivity contribution in [1.29, 1.82) is 0 Å². The number of allylic oxidation sites excluding steroid dienone is 1. The monoisotopic (exact) mass is 416 g/mol. The van der Waals surface area contributed by atoms with Crippen molar-refractivity contribution in [2.24, 2.45) is 11.8 Å². The third kappa shape index (κ3) is 2.94. The second-order valence-corrected chi connectivity index (χ2v) is 8.97. The Morgan fingerprint density at radius 2 is 1.63 bits per heavy atom. The summed E-state index contributed by atoms with van der Waals surface area (Å²) in [4.78, 5) is 12.8. The van der Waals surface area contributed by atoms with Gasteiger partial charge in [0, 0.05) is 17.5 Å². The SMILES string of the molecule is CC(C)C1Cc2c(ccc3c2CC(=O)c2ccccc2-3)C=C1c1cccc(Cl)c1F. The van der Waals surface area contributed by atoms with Crippen LogP contribution in [-0.2, 0) is 12.8 Å². The van der Waals surface area contributed by atoms with E-state index in [1.807, 2.05) is 30.3 Å². The maximum Gasteiger partial charge on any atom is 0.167 e. The van der Waals surface area contributed by atoms with Crippen LogP contribution in [0.1, 0.15) is 46.5 Å². The molecule has 0 aliphatic heterocycles. The van der Waals surface area contributed by atoms with Gasteiger partial charge in [0.2, 0.25) is 0 Å². The first-order chi connectivity index (χ1) is 14.5. The molecule has 0 fully saturated rings. The molecule has 0 saturated heterocycles. The highest BCUT2D eigenvalue weighted by molar-refractivity contribution is 6.31. The van der Waals surface area contributed by atoms with E-state index >= 15 is 0 Å². The van der Waals surface area contributed by atoms with E-state index in [-0.39, 0.29) is 22.5 Å². The van der Waals surface area contributed by atoms with Gasteiger partial charge in [-0.05, 0) is 57.7 Å². The molecule has 3 aromatic carbocycles. The molecule has 0 radical (unpaired) electrons. The molecule has 1 atom stereocenters. The average molecular weight is 417 g/mol. The molecule has 1 unspecified atom stereocenters. The predicted octanol–water partition coefficient (Wildman–Crippen LogP) is 7.25. The molecule has 1 nitrogen and oxygen atoms in total. The van der Waals surface area contributed by atoms with E-state index < -0.39 is 0 Å². The Kier molecular flexibility index (Phi) is 4.63. The van der Waals surface area contributed by atoms with Crippen LogP contribution < -0.4 is 0 Å². The van der Waals surface area contributed by atoms with Crippen LogP contribution in [0.3, 0.4) is 0 Å². The number of benzene rings is 3. The zero-order valence-electron chi connectivity index (χ0n) is 17.0. The first kappa shape index (κ1) is 19.3. The third-order valence-electron chi connectivity index (χ3n) is 6.52. The summed E-state index contributed by atoms with van der Waals surface area (Å²) in [5.74, 6) is 0.291. The molecule has 3 heteroatoms. The molecule has 0 saturated carbocycles. The van der Waals surface area contributed by atoms with Crippen molar-refractivity contribution in [3.05, 3.63) is 93.3 Å². The fourth-order valence-corrected chi connectivity index (χ4v) is 5.14. The fourth-order valence-electron chi connectivity index (χ4n) is 4.96. The lowest BCUT2D eigenvalue weighted by Gasteiger charge is -2.33. The summed E-state index contributed by atoms with van der Waals surface area (Å²) in [6.07, 6.45) is 3.32. The highest BCUT2D eigenvalue weighted by Gasteiger charge is 2.32. The van der Waals surface area contributed by atoms with Crippen LogP contribution in [0.25, 0.3) is 22.8 Å².